The number of nitrogens with zero attached hydrogens (tertiary/aromatic N) is 1. The molecule has 0 saturated heterocycles. The fourth-order valence-corrected chi connectivity index (χ4v) is 2.15. The third kappa shape index (κ3) is 2.21. The van der Waals surface area contributed by atoms with Crippen LogP contribution in [0.5, 0.6) is 0 Å². The minimum atomic E-state index is 0.207. The quantitative estimate of drug-likeness (QED) is 0.724. The lowest BCUT2D eigenvalue weighted by Gasteiger charge is -2.13. The Morgan fingerprint density at radius 2 is 2.31 bits per heavy atom. The van der Waals surface area contributed by atoms with Crippen LogP contribution in [-0.4, -0.2) is 10.8 Å². The first kappa shape index (κ1) is 11.1. The van der Waals surface area contributed by atoms with Gasteiger partial charge in [0.2, 0.25) is 0 Å². The van der Waals surface area contributed by atoms with E-state index in [1.807, 2.05) is 6.07 Å². The Morgan fingerprint density at radius 1 is 1.44 bits per heavy atom. The predicted molar refractivity (Wildman–Crippen MR) is 64.5 cm³/mol. The number of Topliss-reactive ketones (excluding diaryl/α,β-unsaturated/α-hetero) is 1. The highest BCUT2D eigenvalue weighted by Gasteiger charge is 2.16. The number of carbonyl (C=O) groups is 1. The molecule has 16 heavy (non-hydrogen) atoms. The molecule has 1 aromatic rings. The van der Waals surface area contributed by atoms with Crippen LogP contribution in [0.15, 0.2) is 30.1 Å². The third-order valence-corrected chi connectivity index (χ3v) is 3.11. The molecule has 0 bridgehead atoms. The first-order valence-electron chi connectivity index (χ1n) is 5.99. The van der Waals surface area contributed by atoms with Gasteiger partial charge in [0.05, 0.1) is 0 Å². The van der Waals surface area contributed by atoms with Gasteiger partial charge in [-0.3, -0.25) is 9.78 Å². The standard InChI is InChI=1S/C14H17NO/c1-2-11-10-15-9-8-13(11)14(16)12-6-4-3-5-7-12/h6,8-10H,2-5,7H2,1H3. The lowest BCUT2D eigenvalue weighted by Crippen LogP contribution is -2.09. The third-order valence-electron chi connectivity index (χ3n) is 3.11. The number of carbonyl (C=O) groups excluding carboxylic acids is 1. The molecule has 0 amide bonds. The molecule has 0 atom stereocenters. The number of pyridine rings is 1. The van der Waals surface area contributed by atoms with E-state index in [1.165, 1.54) is 6.42 Å². The molecule has 0 fully saturated rings. The zero-order chi connectivity index (χ0) is 11.4. The lowest BCUT2D eigenvalue weighted by atomic mass is 9.91. The van der Waals surface area contributed by atoms with E-state index in [-0.39, 0.29) is 5.78 Å². The minimum absolute atomic E-state index is 0.207. The van der Waals surface area contributed by atoms with Crippen molar-refractivity contribution in [3.8, 4) is 0 Å². The summed E-state index contributed by atoms with van der Waals surface area (Å²) in [7, 11) is 0. The topological polar surface area (TPSA) is 30.0 Å². The van der Waals surface area contributed by atoms with Crippen molar-refractivity contribution < 1.29 is 4.79 Å². The lowest BCUT2D eigenvalue weighted by molar-refractivity contribution is 0.102. The second-order valence-electron chi connectivity index (χ2n) is 4.19. The Morgan fingerprint density at radius 3 is 3.00 bits per heavy atom. The molecule has 0 spiro atoms. The van der Waals surface area contributed by atoms with E-state index in [4.69, 9.17) is 0 Å². The maximum absolute atomic E-state index is 12.3. The molecule has 2 rings (SSSR count). The second-order valence-corrected chi connectivity index (χ2v) is 4.19. The second kappa shape index (κ2) is 5.06. The molecule has 1 aliphatic rings. The number of aromatic nitrogens is 1. The number of rotatable bonds is 3. The Balaban J connectivity index is 2.29. The Labute approximate surface area is 96.4 Å². The molecule has 0 radical (unpaired) electrons. The zero-order valence-corrected chi connectivity index (χ0v) is 9.70. The smallest absolute Gasteiger partial charge is 0.189 e. The molecule has 0 unspecified atom stereocenters. The van der Waals surface area contributed by atoms with Crippen LogP contribution in [0.25, 0.3) is 0 Å². The fourth-order valence-electron chi connectivity index (χ4n) is 2.15. The van der Waals surface area contributed by atoms with E-state index >= 15 is 0 Å². The van der Waals surface area contributed by atoms with Gasteiger partial charge in [-0.15, -0.1) is 0 Å². The van der Waals surface area contributed by atoms with Crippen molar-refractivity contribution in [2.24, 2.45) is 0 Å². The highest BCUT2D eigenvalue weighted by molar-refractivity contribution is 6.09. The average molecular weight is 215 g/mol. The first-order chi connectivity index (χ1) is 7.83. The molecule has 0 saturated carbocycles. The summed E-state index contributed by atoms with van der Waals surface area (Å²) in [6.45, 7) is 2.06. The van der Waals surface area contributed by atoms with Crippen LogP contribution < -0.4 is 0 Å². The maximum Gasteiger partial charge on any atom is 0.189 e. The summed E-state index contributed by atoms with van der Waals surface area (Å²) >= 11 is 0. The van der Waals surface area contributed by atoms with Crippen molar-refractivity contribution in [2.75, 3.05) is 0 Å². The van der Waals surface area contributed by atoms with Crippen LogP contribution in [-0.2, 0) is 6.42 Å². The van der Waals surface area contributed by atoms with Crippen LogP contribution in [0.1, 0.15) is 48.5 Å². The Bertz CT molecular complexity index is 420. The molecule has 84 valence electrons. The first-order valence-corrected chi connectivity index (χ1v) is 5.99. The van der Waals surface area contributed by atoms with Crippen molar-refractivity contribution in [2.45, 2.75) is 39.0 Å². The Kier molecular flexibility index (Phi) is 3.50. The van der Waals surface area contributed by atoms with Crippen molar-refractivity contribution in [3.63, 3.8) is 0 Å². The molecule has 1 aliphatic carbocycles. The van der Waals surface area contributed by atoms with Gasteiger partial charge in [-0.05, 0) is 49.3 Å². The summed E-state index contributed by atoms with van der Waals surface area (Å²) in [4.78, 5) is 16.4. The van der Waals surface area contributed by atoms with Crippen LogP contribution in [0.4, 0.5) is 0 Å². The summed E-state index contributed by atoms with van der Waals surface area (Å²) in [5.41, 5.74) is 2.89. The van der Waals surface area contributed by atoms with E-state index in [9.17, 15) is 4.79 Å². The number of hydrogen-bond acceptors (Lipinski definition) is 2. The van der Waals surface area contributed by atoms with Crippen molar-refractivity contribution in [3.05, 3.63) is 41.2 Å². The van der Waals surface area contributed by atoms with E-state index in [0.29, 0.717) is 0 Å². The normalized spacial score (nSPS) is 15.7. The molecule has 0 N–H and O–H groups in total. The van der Waals surface area contributed by atoms with Gasteiger partial charge < -0.3 is 0 Å². The SMILES string of the molecule is CCc1cnccc1C(=O)C1=CCCCC1. The highest BCUT2D eigenvalue weighted by Crippen LogP contribution is 2.22. The maximum atomic E-state index is 12.3. The largest absolute Gasteiger partial charge is 0.289 e. The van der Waals surface area contributed by atoms with Crippen molar-refractivity contribution in [1.82, 2.24) is 4.98 Å². The molecule has 0 aromatic carbocycles. The summed E-state index contributed by atoms with van der Waals surface area (Å²) in [5.74, 6) is 0.207. The summed E-state index contributed by atoms with van der Waals surface area (Å²) in [5, 5.41) is 0. The van der Waals surface area contributed by atoms with Gasteiger partial charge in [0.25, 0.3) is 0 Å². The number of ketones is 1. The summed E-state index contributed by atoms with van der Waals surface area (Å²) in [6, 6.07) is 1.84. The van der Waals surface area contributed by atoms with Gasteiger partial charge in [0.15, 0.2) is 5.78 Å². The van der Waals surface area contributed by atoms with Gasteiger partial charge >= 0.3 is 0 Å². The zero-order valence-electron chi connectivity index (χ0n) is 9.70. The summed E-state index contributed by atoms with van der Waals surface area (Å²) in [6.07, 6.45) is 10.8. The molecule has 2 nitrogen and oxygen atoms in total. The Hall–Kier alpha value is -1.44. The van der Waals surface area contributed by atoms with Crippen LogP contribution in [0.2, 0.25) is 0 Å². The predicted octanol–water partition coefficient (Wildman–Crippen LogP) is 3.33. The molecular formula is C14H17NO. The average Bonchev–Trinajstić information content (AvgIpc) is 2.39. The van der Waals surface area contributed by atoms with Gasteiger partial charge in [-0.2, -0.15) is 0 Å². The minimum Gasteiger partial charge on any atom is -0.289 e. The fraction of sp³-hybridized carbons (Fsp3) is 0.429. The van der Waals surface area contributed by atoms with Crippen LogP contribution >= 0.6 is 0 Å². The van der Waals surface area contributed by atoms with Gasteiger partial charge in [-0.25, -0.2) is 0 Å². The molecular weight excluding hydrogens is 198 g/mol. The van der Waals surface area contributed by atoms with Crippen molar-refractivity contribution >= 4 is 5.78 Å². The van der Waals surface area contributed by atoms with Crippen LogP contribution in [0, 0.1) is 0 Å². The molecule has 0 aliphatic heterocycles. The van der Waals surface area contributed by atoms with Gasteiger partial charge in [0, 0.05) is 18.0 Å². The van der Waals surface area contributed by atoms with E-state index in [1.54, 1.807) is 12.4 Å². The molecule has 1 aromatic heterocycles. The van der Waals surface area contributed by atoms with E-state index in [2.05, 4.69) is 18.0 Å². The number of hydrogen-bond donors (Lipinski definition) is 0. The number of allylic oxidation sites excluding steroid dienone is 2. The van der Waals surface area contributed by atoms with Gasteiger partial charge in [0.1, 0.15) is 0 Å². The van der Waals surface area contributed by atoms with E-state index < -0.39 is 0 Å². The highest BCUT2D eigenvalue weighted by atomic mass is 16.1. The van der Waals surface area contributed by atoms with Crippen LogP contribution in [0.3, 0.4) is 0 Å². The van der Waals surface area contributed by atoms with Gasteiger partial charge in [-0.1, -0.05) is 13.0 Å². The van der Waals surface area contributed by atoms with E-state index in [0.717, 1.165) is 42.4 Å². The molecule has 1 heterocycles. The van der Waals surface area contributed by atoms with Crippen molar-refractivity contribution in [1.29, 1.82) is 0 Å². The summed E-state index contributed by atoms with van der Waals surface area (Å²) < 4.78 is 0. The molecule has 2 heteroatoms. The monoisotopic (exact) mass is 215 g/mol. The number of aryl methyl sites for hydroxylation is 1.